The zero-order valence-corrected chi connectivity index (χ0v) is 11.7. The molecule has 0 radical (unpaired) electrons. The van der Waals surface area contributed by atoms with E-state index < -0.39 is 0 Å². The summed E-state index contributed by atoms with van der Waals surface area (Å²) in [6.07, 6.45) is 0.927. The Hall–Kier alpha value is -0.860. The van der Waals surface area contributed by atoms with E-state index in [1.54, 1.807) is 11.3 Å². The quantitative estimate of drug-likeness (QED) is 0.750. The molecule has 0 amide bonds. The van der Waals surface area contributed by atoms with Crippen LogP contribution in [-0.4, -0.2) is 10.9 Å². The van der Waals surface area contributed by atoms with Gasteiger partial charge < -0.3 is 0 Å². The molecule has 1 heterocycles. The fourth-order valence-corrected chi connectivity index (χ4v) is 2.77. The predicted molar refractivity (Wildman–Crippen MR) is 75.2 cm³/mol. The summed E-state index contributed by atoms with van der Waals surface area (Å²) in [5.74, 6) is 0.998. The minimum Gasteiger partial charge on any atom is -0.247 e. The maximum Gasteiger partial charge on any atom is 0.0897 e. The van der Waals surface area contributed by atoms with Crippen molar-refractivity contribution in [1.29, 1.82) is 0 Å². The summed E-state index contributed by atoms with van der Waals surface area (Å²) in [5, 5.41) is 3.25. The highest BCUT2D eigenvalue weighted by Crippen LogP contribution is 2.23. The van der Waals surface area contributed by atoms with E-state index in [1.807, 2.05) is 6.92 Å². The fourth-order valence-electron chi connectivity index (χ4n) is 1.85. The summed E-state index contributed by atoms with van der Waals surface area (Å²) < 4.78 is 0. The highest BCUT2D eigenvalue weighted by atomic mass is 35.5. The first-order chi connectivity index (χ1) is 8.19. The van der Waals surface area contributed by atoms with Crippen molar-refractivity contribution in [3.8, 4) is 0 Å². The Morgan fingerprint density at radius 3 is 2.47 bits per heavy atom. The van der Waals surface area contributed by atoms with Crippen LogP contribution in [0.15, 0.2) is 29.6 Å². The van der Waals surface area contributed by atoms with Crippen molar-refractivity contribution in [2.75, 3.05) is 5.88 Å². The molecule has 0 aliphatic heterocycles. The van der Waals surface area contributed by atoms with Crippen LogP contribution in [0.2, 0.25) is 0 Å². The number of alkyl halides is 1. The zero-order chi connectivity index (χ0) is 12.3. The molecule has 3 heteroatoms. The van der Waals surface area contributed by atoms with Gasteiger partial charge in [0.25, 0.3) is 0 Å². The summed E-state index contributed by atoms with van der Waals surface area (Å²) in [7, 11) is 0. The first-order valence-corrected chi connectivity index (χ1v) is 7.14. The Bertz CT molecular complexity index is 475. The number of halogens is 1. The largest absolute Gasteiger partial charge is 0.247 e. The average molecular weight is 266 g/mol. The molecule has 0 N–H and O–H groups in total. The average Bonchev–Trinajstić information content (AvgIpc) is 2.73. The third-order valence-corrected chi connectivity index (χ3v) is 4.05. The Kier molecular flexibility index (Phi) is 4.19. The molecule has 0 aliphatic carbocycles. The van der Waals surface area contributed by atoms with Gasteiger partial charge in [0.2, 0.25) is 0 Å². The monoisotopic (exact) mass is 265 g/mol. The van der Waals surface area contributed by atoms with Gasteiger partial charge in [-0.25, -0.2) is 4.98 Å². The van der Waals surface area contributed by atoms with Crippen LogP contribution in [0.3, 0.4) is 0 Å². The van der Waals surface area contributed by atoms with E-state index in [9.17, 15) is 0 Å². The van der Waals surface area contributed by atoms with Crippen LogP contribution in [0.5, 0.6) is 0 Å². The second-order valence-corrected chi connectivity index (χ2v) is 5.69. The maximum atomic E-state index is 6.07. The maximum absolute atomic E-state index is 6.07. The molecule has 0 saturated heterocycles. The lowest BCUT2D eigenvalue weighted by Gasteiger charge is -2.13. The van der Waals surface area contributed by atoms with Crippen molar-refractivity contribution in [3.63, 3.8) is 0 Å². The number of hydrogen-bond acceptors (Lipinski definition) is 2. The van der Waals surface area contributed by atoms with E-state index in [2.05, 4.69) is 41.6 Å². The Morgan fingerprint density at radius 2 is 1.94 bits per heavy atom. The lowest BCUT2D eigenvalue weighted by atomic mass is 9.95. The topological polar surface area (TPSA) is 12.9 Å². The van der Waals surface area contributed by atoms with E-state index in [-0.39, 0.29) is 0 Å². The van der Waals surface area contributed by atoms with Gasteiger partial charge in [-0.3, -0.25) is 0 Å². The summed E-state index contributed by atoms with van der Waals surface area (Å²) in [5.41, 5.74) is 3.74. The number of benzene rings is 1. The molecule has 0 fully saturated rings. The van der Waals surface area contributed by atoms with Crippen molar-refractivity contribution in [2.45, 2.75) is 26.2 Å². The lowest BCUT2D eigenvalue weighted by Crippen LogP contribution is -2.05. The van der Waals surface area contributed by atoms with Crippen LogP contribution in [-0.2, 0) is 6.42 Å². The van der Waals surface area contributed by atoms with Crippen LogP contribution < -0.4 is 0 Å². The van der Waals surface area contributed by atoms with Crippen LogP contribution in [0.4, 0.5) is 0 Å². The van der Waals surface area contributed by atoms with Crippen molar-refractivity contribution in [3.05, 3.63) is 51.5 Å². The molecule has 1 atom stereocenters. The Balaban J connectivity index is 2.13. The lowest BCUT2D eigenvalue weighted by molar-refractivity contribution is 0.750. The molecule has 0 spiro atoms. The zero-order valence-electron chi connectivity index (χ0n) is 10.1. The van der Waals surface area contributed by atoms with Gasteiger partial charge in [0.1, 0.15) is 0 Å². The molecule has 1 aromatic carbocycles. The Labute approximate surface area is 111 Å². The van der Waals surface area contributed by atoms with Crippen molar-refractivity contribution in [2.24, 2.45) is 0 Å². The summed E-state index contributed by atoms with van der Waals surface area (Å²) in [4.78, 5) is 4.50. The number of aromatic nitrogens is 1. The molecule has 0 aliphatic rings. The van der Waals surface area contributed by atoms with E-state index in [4.69, 9.17) is 11.6 Å². The number of thiazole rings is 1. The van der Waals surface area contributed by atoms with Gasteiger partial charge in [-0.05, 0) is 25.8 Å². The van der Waals surface area contributed by atoms with E-state index >= 15 is 0 Å². The molecule has 1 nitrogen and oxygen atoms in total. The second kappa shape index (κ2) is 5.65. The molecule has 0 saturated carbocycles. The van der Waals surface area contributed by atoms with Gasteiger partial charge in [0.15, 0.2) is 0 Å². The highest BCUT2D eigenvalue weighted by Gasteiger charge is 2.12. The number of rotatable bonds is 4. The smallest absolute Gasteiger partial charge is 0.0897 e. The normalized spacial score (nSPS) is 12.6. The minimum absolute atomic E-state index is 0.360. The molecule has 1 aromatic heterocycles. The highest BCUT2D eigenvalue weighted by molar-refractivity contribution is 7.09. The third-order valence-electron chi connectivity index (χ3n) is 2.86. The van der Waals surface area contributed by atoms with Gasteiger partial charge in [0.05, 0.1) is 10.7 Å². The van der Waals surface area contributed by atoms with E-state index in [0.29, 0.717) is 11.8 Å². The molecule has 17 heavy (non-hydrogen) atoms. The first kappa shape index (κ1) is 12.6. The summed E-state index contributed by atoms with van der Waals surface area (Å²) in [6, 6.07) is 8.62. The molecule has 90 valence electrons. The van der Waals surface area contributed by atoms with Gasteiger partial charge >= 0.3 is 0 Å². The van der Waals surface area contributed by atoms with Crippen LogP contribution in [0, 0.1) is 13.8 Å². The number of nitrogens with zero attached hydrogens (tertiary/aromatic N) is 1. The fraction of sp³-hybridized carbons (Fsp3) is 0.357. The van der Waals surface area contributed by atoms with Crippen molar-refractivity contribution in [1.82, 2.24) is 4.98 Å². The first-order valence-electron chi connectivity index (χ1n) is 5.72. The molecular formula is C14H16ClNS. The minimum atomic E-state index is 0.360. The predicted octanol–water partition coefficient (Wildman–Crippen LogP) is 4.33. The van der Waals surface area contributed by atoms with E-state index in [0.717, 1.165) is 17.1 Å². The summed E-state index contributed by atoms with van der Waals surface area (Å²) in [6.45, 7) is 4.14. The van der Waals surface area contributed by atoms with Crippen LogP contribution in [0.1, 0.15) is 27.7 Å². The third kappa shape index (κ3) is 3.30. The van der Waals surface area contributed by atoms with Crippen LogP contribution in [0.25, 0.3) is 0 Å². The van der Waals surface area contributed by atoms with Crippen LogP contribution >= 0.6 is 22.9 Å². The molecule has 0 bridgehead atoms. The van der Waals surface area contributed by atoms with E-state index in [1.165, 1.54) is 11.1 Å². The SMILES string of the molecule is Cc1ccc(C(CCl)Cc2csc(C)n2)cc1. The number of aryl methyl sites for hydroxylation is 2. The molecule has 2 aromatic rings. The standard InChI is InChI=1S/C14H16ClNS/c1-10-3-5-12(6-4-10)13(8-15)7-14-9-17-11(2)16-14/h3-6,9,13H,7-8H2,1-2H3. The Morgan fingerprint density at radius 1 is 1.24 bits per heavy atom. The van der Waals surface area contributed by atoms with Crippen molar-refractivity contribution < 1.29 is 0 Å². The molecule has 2 rings (SSSR count). The van der Waals surface area contributed by atoms with Gasteiger partial charge in [-0.15, -0.1) is 22.9 Å². The van der Waals surface area contributed by atoms with Gasteiger partial charge in [0, 0.05) is 17.2 Å². The van der Waals surface area contributed by atoms with Crippen molar-refractivity contribution >= 4 is 22.9 Å². The molecule has 1 unspecified atom stereocenters. The second-order valence-electron chi connectivity index (χ2n) is 4.32. The van der Waals surface area contributed by atoms with Gasteiger partial charge in [-0.2, -0.15) is 0 Å². The van der Waals surface area contributed by atoms with Gasteiger partial charge in [-0.1, -0.05) is 29.8 Å². The summed E-state index contributed by atoms with van der Waals surface area (Å²) >= 11 is 7.77. The molecular weight excluding hydrogens is 250 g/mol. The number of hydrogen-bond donors (Lipinski definition) is 0.